The minimum absolute atomic E-state index is 0.229. The lowest BCUT2D eigenvalue weighted by Gasteiger charge is -2.37. The number of carbonyl (C=O) groups is 1. The first-order valence-corrected chi connectivity index (χ1v) is 7.47. The molecule has 1 aliphatic carbocycles. The van der Waals surface area contributed by atoms with E-state index in [1.807, 2.05) is 0 Å². The van der Waals surface area contributed by atoms with Crippen LogP contribution in [0.5, 0.6) is 0 Å². The summed E-state index contributed by atoms with van der Waals surface area (Å²) >= 11 is 0. The van der Waals surface area contributed by atoms with Crippen LogP contribution >= 0.6 is 0 Å². The highest BCUT2D eigenvalue weighted by Crippen LogP contribution is 2.27. The zero-order chi connectivity index (χ0) is 12.4. The summed E-state index contributed by atoms with van der Waals surface area (Å²) in [6.07, 6.45) is 7.52. The summed E-state index contributed by atoms with van der Waals surface area (Å²) in [5.41, 5.74) is 0. The second-order valence-corrected chi connectivity index (χ2v) is 5.92. The summed E-state index contributed by atoms with van der Waals surface area (Å²) in [6.45, 7) is 3.45. The molecule has 3 fully saturated rings. The van der Waals surface area contributed by atoms with Gasteiger partial charge in [0.25, 0.3) is 0 Å². The van der Waals surface area contributed by atoms with Crippen LogP contribution in [0, 0.1) is 5.92 Å². The van der Waals surface area contributed by atoms with Crippen molar-refractivity contribution in [3.63, 3.8) is 0 Å². The molecule has 3 aliphatic rings. The number of amides is 1. The third kappa shape index (κ3) is 2.54. The van der Waals surface area contributed by atoms with Crippen LogP contribution in [0.4, 0.5) is 0 Å². The molecule has 1 N–H and O–H groups in total. The molecular weight excluding hydrogens is 228 g/mol. The molecule has 18 heavy (non-hydrogen) atoms. The Hall–Kier alpha value is -0.610. The molecule has 2 heterocycles. The van der Waals surface area contributed by atoms with Crippen LogP contribution in [0.15, 0.2) is 0 Å². The Kier molecular flexibility index (Phi) is 3.85. The van der Waals surface area contributed by atoms with Crippen molar-refractivity contribution < 1.29 is 9.53 Å². The van der Waals surface area contributed by atoms with Crippen LogP contribution in [0.1, 0.15) is 38.5 Å². The smallest absolute Gasteiger partial charge is 0.228 e. The average molecular weight is 252 g/mol. The molecule has 102 valence electrons. The lowest BCUT2D eigenvalue weighted by atomic mass is 9.99. The molecule has 0 aromatic heterocycles. The van der Waals surface area contributed by atoms with E-state index >= 15 is 0 Å². The highest BCUT2D eigenvalue weighted by molar-refractivity contribution is 5.80. The van der Waals surface area contributed by atoms with Crippen molar-refractivity contribution >= 4 is 5.91 Å². The van der Waals surface area contributed by atoms with Crippen LogP contribution in [0.2, 0.25) is 0 Å². The van der Waals surface area contributed by atoms with E-state index in [9.17, 15) is 4.79 Å². The van der Waals surface area contributed by atoms with E-state index in [2.05, 4.69) is 10.2 Å². The molecule has 1 amide bonds. The molecule has 0 radical (unpaired) electrons. The topological polar surface area (TPSA) is 41.6 Å². The SMILES string of the molecule is O=C(C1CNC1)N(CC1CCCO1)C1CCCC1. The first-order chi connectivity index (χ1) is 8.84. The zero-order valence-electron chi connectivity index (χ0n) is 11.1. The van der Waals surface area contributed by atoms with Crippen LogP contribution in [-0.4, -0.2) is 49.2 Å². The van der Waals surface area contributed by atoms with Crippen molar-refractivity contribution in [1.29, 1.82) is 0 Å². The summed E-state index contributed by atoms with van der Waals surface area (Å²) in [4.78, 5) is 14.7. The van der Waals surface area contributed by atoms with Crippen molar-refractivity contribution in [2.24, 2.45) is 5.92 Å². The van der Waals surface area contributed by atoms with Gasteiger partial charge < -0.3 is 15.0 Å². The van der Waals surface area contributed by atoms with E-state index in [1.165, 1.54) is 25.7 Å². The third-order valence-electron chi connectivity index (χ3n) is 4.60. The van der Waals surface area contributed by atoms with Gasteiger partial charge in [-0.3, -0.25) is 4.79 Å². The molecule has 1 saturated carbocycles. The van der Waals surface area contributed by atoms with Gasteiger partial charge in [-0.1, -0.05) is 12.8 Å². The molecule has 0 spiro atoms. The molecule has 2 saturated heterocycles. The Morgan fingerprint density at radius 2 is 1.94 bits per heavy atom. The number of rotatable bonds is 4. The molecule has 0 aromatic carbocycles. The Balaban J connectivity index is 1.63. The lowest BCUT2D eigenvalue weighted by Crippen LogP contribution is -2.55. The monoisotopic (exact) mass is 252 g/mol. The molecule has 0 aromatic rings. The van der Waals surface area contributed by atoms with Crippen molar-refractivity contribution in [3.8, 4) is 0 Å². The molecule has 0 bridgehead atoms. The normalized spacial score (nSPS) is 29.4. The molecule has 4 nitrogen and oxygen atoms in total. The Labute approximate surface area is 109 Å². The van der Waals surface area contributed by atoms with Gasteiger partial charge in [0.2, 0.25) is 5.91 Å². The average Bonchev–Trinajstić information content (AvgIpc) is 2.96. The zero-order valence-corrected chi connectivity index (χ0v) is 11.1. The van der Waals surface area contributed by atoms with E-state index in [0.717, 1.165) is 39.1 Å². The molecule has 3 rings (SSSR count). The Morgan fingerprint density at radius 3 is 2.50 bits per heavy atom. The van der Waals surface area contributed by atoms with Crippen LogP contribution in [0.25, 0.3) is 0 Å². The second-order valence-electron chi connectivity index (χ2n) is 5.92. The predicted octanol–water partition coefficient (Wildman–Crippen LogP) is 1.16. The third-order valence-corrected chi connectivity index (χ3v) is 4.60. The van der Waals surface area contributed by atoms with Crippen molar-refractivity contribution in [2.75, 3.05) is 26.2 Å². The fourth-order valence-electron chi connectivity index (χ4n) is 3.34. The van der Waals surface area contributed by atoms with E-state index in [-0.39, 0.29) is 5.92 Å². The maximum absolute atomic E-state index is 12.5. The van der Waals surface area contributed by atoms with Crippen molar-refractivity contribution in [1.82, 2.24) is 10.2 Å². The summed E-state index contributed by atoms with van der Waals surface area (Å²) in [5.74, 6) is 0.600. The summed E-state index contributed by atoms with van der Waals surface area (Å²) in [6, 6.07) is 0.488. The fraction of sp³-hybridized carbons (Fsp3) is 0.929. The van der Waals surface area contributed by atoms with Gasteiger partial charge >= 0.3 is 0 Å². The van der Waals surface area contributed by atoms with Gasteiger partial charge in [-0.05, 0) is 25.7 Å². The van der Waals surface area contributed by atoms with Gasteiger partial charge in [0.1, 0.15) is 0 Å². The summed E-state index contributed by atoms with van der Waals surface area (Å²) < 4.78 is 5.72. The van der Waals surface area contributed by atoms with Gasteiger partial charge in [-0.15, -0.1) is 0 Å². The van der Waals surface area contributed by atoms with Gasteiger partial charge in [0, 0.05) is 32.3 Å². The number of carbonyl (C=O) groups excluding carboxylic acids is 1. The maximum atomic E-state index is 12.5. The highest BCUT2D eigenvalue weighted by Gasteiger charge is 2.35. The largest absolute Gasteiger partial charge is 0.376 e. The van der Waals surface area contributed by atoms with Gasteiger partial charge in [0.15, 0.2) is 0 Å². The standard InChI is InChI=1S/C14H24N2O2/c17-14(11-8-15-9-11)16(12-4-1-2-5-12)10-13-6-3-7-18-13/h11-13,15H,1-10H2. The quantitative estimate of drug-likeness (QED) is 0.816. The molecule has 1 unspecified atom stereocenters. The van der Waals surface area contributed by atoms with Crippen molar-refractivity contribution in [2.45, 2.75) is 50.7 Å². The van der Waals surface area contributed by atoms with Crippen LogP contribution < -0.4 is 5.32 Å². The van der Waals surface area contributed by atoms with E-state index in [0.29, 0.717) is 18.1 Å². The summed E-state index contributed by atoms with van der Waals surface area (Å²) in [5, 5.41) is 3.20. The highest BCUT2D eigenvalue weighted by atomic mass is 16.5. The Morgan fingerprint density at radius 1 is 1.17 bits per heavy atom. The van der Waals surface area contributed by atoms with Gasteiger partial charge in [0.05, 0.1) is 12.0 Å². The minimum atomic E-state index is 0.229. The first-order valence-electron chi connectivity index (χ1n) is 7.47. The summed E-state index contributed by atoms with van der Waals surface area (Å²) in [7, 11) is 0. The van der Waals surface area contributed by atoms with E-state index < -0.39 is 0 Å². The number of hydrogen-bond donors (Lipinski definition) is 1. The second kappa shape index (κ2) is 5.57. The molecule has 2 aliphatic heterocycles. The number of hydrogen-bond acceptors (Lipinski definition) is 3. The van der Waals surface area contributed by atoms with Gasteiger partial charge in [-0.2, -0.15) is 0 Å². The number of nitrogens with one attached hydrogen (secondary N) is 1. The number of nitrogens with zero attached hydrogens (tertiary/aromatic N) is 1. The molecule has 4 heteroatoms. The first kappa shape index (κ1) is 12.4. The van der Waals surface area contributed by atoms with Crippen LogP contribution in [0.3, 0.4) is 0 Å². The molecule has 1 atom stereocenters. The number of ether oxygens (including phenoxy) is 1. The lowest BCUT2D eigenvalue weighted by molar-refractivity contribution is -0.141. The maximum Gasteiger partial charge on any atom is 0.228 e. The minimum Gasteiger partial charge on any atom is -0.376 e. The predicted molar refractivity (Wildman–Crippen MR) is 69.3 cm³/mol. The fourth-order valence-corrected chi connectivity index (χ4v) is 3.34. The van der Waals surface area contributed by atoms with Crippen molar-refractivity contribution in [3.05, 3.63) is 0 Å². The molecular formula is C14H24N2O2. The van der Waals surface area contributed by atoms with Crippen LogP contribution in [-0.2, 0) is 9.53 Å². The van der Waals surface area contributed by atoms with E-state index in [4.69, 9.17) is 4.74 Å². The Bertz CT molecular complexity index is 292. The van der Waals surface area contributed by atoms with E-state index in [1.54, 1.807) is 0 Å². The van der Waals surface area contributed by atoms with Gasteiger partial charge in [-0.25, -0.2) is 0 Å².